The third-order valence-corrected chi connectivity index (χ3v) is 2.23. The van der Waals surface area contributed by atoms with Gasteiger partial charge in [0.2, 0.25) is 0 Å². The van der Waals surface area contributed by atoms with Gasteiger partial charge in [0.25, 0.3) is 0 Å². The van der Waals surface area contributed by atoms with Crippen molar-refractivity contribution in [3.05, 3.63) is 0 Å². The minimum Gasteiger partial charge on any atom is -0.377 e. The van der Waals surface area contributed by atoms with Crippen LogP contribution in [0.3, 0.4) is 0 Å². The van der Waals surface area contributed by atoms with Gasteiger partial charge in [0.05, 0.1) is 18.1 Å². The summed E-state index contributed by atoms with van der Waals surface area (Å²) >= 11 is 0. The zero-order valence-corrected chi connectivity index (χ0v) is 7.05. The summed E-state index contributed by atoms with van der Waals surface area (Å²) in [6.45, 7) is 2.78. The Bertz CT molecular complexity index is 142. The first kappa shape index (κ1) is 8.55. The first-order valence-corrected chi connectivity index (χ1v) is 4.36. The monoisotopic (exact) mass is 153 g/mol. The predicted octanol–water partition coefficient (Wildman–Crippen LogP) is 2.11. The molecule has 0 N–H and O–H groups in total. The maximum atomic E-state index is 8.65. The second kappa shape index (κ2) is 4.35. The highest BCUT2D eigenvalue weighted by molar-refractivity contribution is 4.86. The highest BCUT2D eigenvalue weighted by Gasteiger charge is 2.18. The molecule has 0 radical (unpaired) electrons. The minimum atomic E-state index is 0.0631. The van der Waals surface area contributed by atoms with Crippen LogP contribution in [-0.4, -0.2) is 12.7 Å². The lowest BCUT2D eigenvalue weighted by Crippen LogP contribution is -2.19. The molecule has 0 aromatic rings. The third-order valence-electron chi connectivity index (χ3n) is 2.23. The summed E-state index contributed by atoms with van der Waals surface area (Å²) in [6.07, 6.45) is 4.90. The fourth-order valence-electron chi connectivity index (χ4n) is 1.42. The molecule has 0 aromatic heterocycles. The van der Waals surface area contributed by atoms with Crippen molar-refractivity contribution in [2.24, 2.45) is 5.92 Å². The summed E-state index contributed by atoms with van der Waals surface area (Å²) < 4.78 is 5.53. The van der Waals surface area contributed by atoms with Crippen molar-refractivity contribution in [2.75, 3.05) is 6.61 Å². The van der Waals surface area contributed by atoms with Crippen LogP contribution in [0.25, 0.3) is 0 Å². The van der Waals surface area contributed by atoms with Crippen LogP contribution in [0.4, 0.5) is 0 Å². The van der Waals surface area contributed by atoms with Crippen LogP contribution < -0.4 is 0 Å². The quantitative estimate of drug-likeness (QED) is 0.578. The largest absolute Gasteiger partial charge is 0.377 e. The second-order valence-corrected chi connectivity index (χ2v) is 3.18. The van der Waals surface area contributed by atoms with Gasteiger partial charge in [-0.3, -0.25) is 0 Å². The van der Waals surface area contributed by atoms with Gasteiger partial charge in [0.1, 0.15) is 0 Å². The molecule has 0 bridgehead atoms. The molecule has 0 aromatic carbocycles. The number of hydrogen-bond donors (Lipinski definition) is 0. The van der Waals surface area contributed by atoms with Crippen LogP contribution in [0, 0.1) is 17.2 Å². The summed E-state index contributed by atoms with van der Waals surface area (Å²) in [7, 11) is 0. The van der Waals surface area contributed by atoms with E-state index >= 15 is 0 Å². The SMILES string of the molecule is CC(C#N)C1CCCCCO1. The van der Waals surface area contributed by atoms with Crippen LogP contribution in [0.15, 0.2) is 0 Å². The third kappa shape index (κ3) is 2.51. The van der Waals surface area contributed by atoms with E-state index in [2.05, 4.69) is 6.07 Å². The number of ether oxygens (including phenoxy) is 1. The zero-order chi connectivity index (χ0) is 8.10. The molecule has 1 fully saturated rings. The molecule has 0 aliphatic carbocycles. The highest BCUT2D eigenvalue weighted by Crippen LogP contribution is 2.18. The van der Waals surface area contributed by atoms with Crippen LogP contribution >= 0.6 is 0 Å². The molecular formula is C9H15NO. The first-order chi connectivity index (χ1) is 5.34. The fraction of sp³-hybridized carbons (Fsp3) is 0.889. The zero-order valence-electron chi connectivity index (χ0n) is 7.05. The Morgan fingerprint density at radius 3 is 3.00 bits per heavy atom. The van der Waals surface area contributed by atoms with E-state index in [1.54, 1.807) is 0 Å². The Morgan fingerprint density at radius 2 is 2.27 bits per heavy atom. The lowest BCUT2D eigenvalue weighted by atomic mass is 10.0. The lowest BCUT2D eigenvalue weighted by molar-refractivity contribution is 0.0369. The Labute approximate surface area is 68.2 Å². The minimum absolute atomic E-state index is 0.0631. The molecule has 11 heavy (non-hydrogen) atoms. The Hall–Kier alpha value is -0.550. The van der Waals surface area contributed by atoms with E-state index in [0.717, 1.165) is 19.4 Å². The van der Waals surface area contributed by atoms with Crippen molar-refractivity contribution >= 4 is 0 Å². The van der Waals surface area contributed by atoms with Gasteiger partial charge in [0, 0.05) is 6.61 Å². The number of nitriles is 1. The molecule has 62 valence electrons. The van der Waals surface area contributed by atoms with E-state index in [9.17, 15) is 0 Å². The van der Waals surface area contributed by atoms with E-state index in [0.29, 0.717) is 0 Å². The summed E-state index contributed by atoms with van der Waals surface area (Å²) in [6, 6.07) is 2.24. The van der Waals surface area contributed by atoms with Crippen LogP contribution in [0.5, 0.6) is 0 Å². The molecule has 1 heterocycles. The number of hydrogen-bond acceptors (Lipinski definition) is 2. The second-order valence-electron chi connectivity index (χ2n) is 3.18. The molecule has 0 spiro atoms. The van der Waals surface area contributed by atoms with Gasteiger partial charge in [-0.2, -0.15) is 5.26 Å². The molecule has 2 unspecified atom stereocenters. The molecule has 0 saturated carbocycles. The van der Waals surface area contributed by atoms with Crippen LogP contribution in [-0.2, 0) is 4.74 Å². The van der Waals surface area contributed by atoms with Crippen molar-refractivity contribution in [3.8, 4) is 6.07 Å². The Kier molecular flexibility index (Phi) is 3.38. The van der Waals surface area contributed by atoms with Crippen molar-refractivity contribution in [2.45, 2.75) is 38.7 Å². The summed E-state index contributed by atoms with van der Waals surface area (Å²) in [5, 5.41) is 8.65. The predicted molar refractivity (Wildman–Crippen MR) is 43.0 cm³/mol. The Morgan fingerprint density at radius 1 is 1.45 bits per heavy atom. The summed E-state index contributed by atoms with van der Waals surface area (Å²) in [5.74, 6) is 0.0631. The van der Waals surface area contributed by atoms with Crippen molar-refractivity contribution in [3.63, 3.8) is 0 Å². The maximum absolute atomic E-state index is 8.65. The first-order valence-electron chi connectivity index (χ1n) is 4.36. The average molecular weight is 153 g/mol. The fourth-order valence-corrected chi connectivity index (χ4v) is 1.42. The molecule has 2 atom stereocenters. The van der Waals surface area contributed by atoms with Gasteiger partial charge in [-0.05, 0) is 19.8 Å². The van der Waals surface area contributed by atoms with Gasteiger partial charge < -0.3 is 4.74 Å². The van der Waals surface area contributed by atoms with Gasteiger partial charge in [-0.1, -0.05) is 12.8 Å². The summed E-state index contributed by atoms with van der Waals surface area (Å²) in [4.78, 5) is 0. The van der Waals surface area contributed by atoms with Gasteiger partial charge in [-0.15, -0.1) is 0 Å². The smallest absolute Gasteiger partial charge is 0.0730 e. The number of nitrogens with zero attached hydrogens (tertiary/aromatic N) is 1. The summed E-state index contributed by atoms with van der Waals surface area (Å²) in [5.41, 5.74) is 0. The Balaban J connectivity index is 2.37. The topological polar surface area (TPSA) is 33.0 Å². The molecular weight excluding hydrogens is 138 g/mol. The normalized spacial score (nSPS) is 28.5. The molecule has 1 aliphatic rings. The van der Waals surface area contributed by atoms with Crippen molar-refractivity contribution in [1.82, 2.24) is 0 Å². The highest BCUT2D eigenvalue weighted by atomic mass is 16.5. The van der Waals surface area contributed by atoms with E-state index in [1.807, 2.05) is 6.92 Å². The molecule has 1 saturated heterocycles. The molecule has 2 nitrogen and oxygen atoms in total. The van der Waals surface area contributed by atoms with Crippen LogP contribution in [0.1, 0.15) is 32.6 Å². The standard InChI is InChI=1S/C9H15NO/c1-8(7-10)9-5-3-2-4-6-11-9/h8-9H,2-6H2,1H3. The van der Waals surface area contributed by atoms with E-state index in [1.165, 1.54) is 12.8 Å². The molecule has 2 heteroatoms. The molecule has 1 aliphatic heterocycles. The van der Waals surface area contributed by atoms with Crippen molar-refractivity contribution < 1.29 is 4.74 Å². The maximum Gasteiger partial charge on any atom is 0.0730 e. The van der Waals surface area contributed by atoms with Gasteiger partial charge in [0.15, 0.2) is 0 Å². The van der Waals surface area contributed by atoms with Gasteiger partial charge in [-0.25, -0.2) is 0 Å². The van der Waals surface area contributed by atoms with Crippen molar-refractivity contribution in [1.29, 1.82) is 5.26 Å². The lowest BCUT2D eigenvalue weighted by Gasteiger charge is -2.16. The van der Waals surface area contributed by atoms with Crippen LogP contribution in [0.2, 0.25) is 0 Å². The van der Waals surface area contributed by atoms with E-state index < -0.39 is 0 Å². The average Bonchev–Trinajstić information content (AvgIpc) is 2.30. The van der Waals surface area contributed by atoms with E-state index in [4.69, 9.17) is 10.00 Å². The molecule has 0 amide bonds. The van der Waals surface area contributed by atoms with Gasteiger partial charge >= 0.3 is 0 Å². The molecule has 1 rings (SSSR count). The van der Waals surface area contributed by atoms with E-state index in [-0.39, 0.29) is 12.0 Å². The number of rotatable bonds is 1.